The number of pyridine rings is 1. The number of halogens is 3. The molecule has 0 radical (unpaired) electrons. The third-order valence-corrected chi connectivity index (χ3v) is 5.81. The summed E-state index contributed by atoms with van der Waals surface area (Å²) in [6, 6.07) is 1.64. The molecule has 32 heavy (non-hydrogen) atoms. The molecule has 1 N–H and O–H groups in total. The zero-order valence-corrected chi connectivity index (χ0v) is 19.7. The molecule has 2 heterocycles. The number of hydrogen-bond donors (Lipinski definition) is 1. The van der Waals surface area contributed by atoms with E-state index >= 15 is 0 Å². The van der Waals surface area contributed by atoms with Crippen LogP contribution in [0.3, 0.4) is 0 Å². The molecule has 5 nitrogen and oxygen atoms in total. The van der Waals surface area contributed by atoms with Crippen molar-refractivity contribution in [2.45, 2.75) is 79.3 Å². The highest BCUT2D eigenvalue weighted by molar-refractivity contribution is 5.53. The Balaban J connectivity index is 2.15. The Labute approximate surface area is 188 Å². The maximum absolute atomic E-state index is 13.9. The first-order valence-electron chi connectivity index (χ1n) is 11.3. The van der Waals surface area contributed by atoms with Crippen LogP contribution in [0, 0.1) is 5.92 Å². The highest BCUT2D eigenvalue weighted by atomic mass is 19.4. The molecule has 2 unspecified atom stereocenters. The highest BCUT2D eigenvalue weighted by Gasteiger charge is 2.37. The predicted molar refractivity (Wildman–Crippen MR) is 121 cm³/mol. The van der Waals surface area contributed by atoms with Crippen LogP contribution in [0.1, 0.15) is 70.8 Å². The van der Waals surface area contributed by atoms with E-state index in [0.717, 1.165) is 19.3 Å². The van der Waals surface area contributed by atoms with Crippen molar-refractivity contribution in [1.82, 2.24) is 19.9 Å². The Hall–Kier alpha value is -2.19. The van der Waals surface area contributed by atoms with Gasteiger partial charge in [-0.2, -0.15) is 13.2 Å². The largest absolute Gasteiger partial charge is 0.420 e. The Bertz CT molecular complexity index is 918. The first kappa shape index (κ1) is 26.1. The number of alkyl halides is 3. The second-order valence-corrected chi connectivity index (χ2v) is 8.06. The Morgan fingerprint density at radius 3 is 2.62 bits per heavy atom. The SMILES string of the molecule is CC=CC=C(C)C(C)CCC(CC)NCc1ccn2c(COCC)nnc2c1C(F)(F)F. The minimum Gasteiger partial charge on any atom is -0.374 e. The molecule has 0 aliphatic heterocycles. The second-order valence-electron chi connectivity index (χ2n) is 8.06. The molecule has 2 rings (SSSR count). The van der Waals surface area contributed by atoms with E-state index in [-0.39, 0.29) is 30.4 Å². The maximum atomic E-state index is 13.9. The number of fused-ring (bicyclic) bond motifs is 1. The van der Waals surface area contributed by atoms with Gasteiger partial charge in [-0.1, -0.05) is 37.6 Å². The van der Waals surface area contributed by atoms with Gasteiger partial charge in [-0.3, -0.25) is 4.40 Å². The molecule has 0 saturated carbocycles. The fourth-order valence-corrected chi connectivity index (χ4v) is 3.59. The normalized spacial score (nSPS) is 15.1. The first-order chi connectivity index (χ1) is 15.2. The summed E-state index contributed by atoms with van der Waals surface area (Å²) >= 11 is 0. The molecule has 0 aromatic carbocycles. The summed E-state index contributed by atoms with van der Waals surface area (Å²) in [6.45, 7) is 10.8. The summed E-state index contributed by atoms with van der Waals surface area (Å²) < 4.78 is 48.5. The van der Waals surface area contributed by atoms with E-state index in [4.69, 9.17) is 4.74 Å². The van der Waals surface area contributed by atoms with Gasteiger partial charge in [0.2, 0.25) is 0 Å². The molecule has 0 aliphatic carbocycles. The lowest BCUT2D eigenvalue weighted by Gasteiger charge is -2.21. The molecule has 0 saturated heterocycles. The van der Waals surface area contributed by atoms with Gasteiger partial charge in [0.25, 0.3) is 0 Å². The van der Waals surface area contributed by atoms with Crippen LogP contribution in [0.15, 0.2) is 36.1 Å². The quantitative estimate of drug-likeness (QED) is 0.396. The summed E-state index contributed by atoms with van der Waals surface area (Å²) in [4.78, 5) is 0. The second kappa shape index (κ2) is 12.2. The number of ether oxygens (including phenoxy) is 1. The van der Waals surface area contributed by atoms with E-state index in [1.807, 2.05) is 26.0 Å². The number of aromatic nitrogens is 3. The molecule has 178 valence electrons. The molecule has 8 heteroatoms. The number of hydrogen-bond acceptors (Lipinski definition) is 4. The maximum Gasteiger partial charge on any atom is 0.420 e. The predicted octanol–water partition coefficient (Wildman–Crippen LogP) is 6.09. The highest BCUT2D eigenvalue weighted by Crippen LogP contribution is 2.35. The van der Waals surface area contributed by atoms with Gasteiger partial charge in [0.1, 0.15) is 12.2 Å². The molecule has 2 atom stereocenters. The molecule has 0 fully saturated rings. The van der Waals surface area contributed by atoms with Crippen molar-refractivity contribution in [3.8, 4) is 0 Å². The smallest absolute Gasteiger partial charge is 0.374 e. The van der Waals surface area contributed by atoms with Crippen LogP contribution in [0.25, 0.3) is 5.65 Å². The van der Waals surface area contributed by atoms with Gasteiger partial charge < -0.3 is 10.1 Å². The first-order valence-corrected chi connectivity index (χ1v) is 11.3. The van der Waals surface area contributed by atoms with Crippen molar-refractivity contribution >= 4 is 5.65 Å². The topological polar surface area (TPSA) is 51.5 Å². The zero-order chi connectivity index (χ0) is 23.7. The number of nitrogens with zero attached hydrogens (tertiary/aromatic N) is 3. The fourth-order valence-electron chi connectivity index (χ4n) is 3.59. The van der Waals surface area contributed by atoms with Crippen LogP contribution in [0.2, 0.25) is 0 Å². The summed E-state index contributed by atoms with van der Waals surface area (Å²) in [7, 11) is 0. The van der Waals surface area contributed by atoms with E-state index in [1.54, 1.807) is 6.20 Å². The molecule has 0 amide bonds. The van der Waals surface area contributed by atoms with Crippen LogP contribution in [0.5, 0.6) is 0 Å². The van der Waals surface area contributed by atoms with Crippen LogP contribution in [0.4, 0.5) is 13.2 Å². The van der Waals surface area contributed by atoms with E-state index in [9.17, 15) is 13.2 Å². The van der Waals surface area contributed by atoms with Crippen molar-refractivity contribution in [3.05, 3.63) is 53.0 Å². The van der Waals surface area contributed by atoms with Crippen molar-refractivity contribution in [2.75, 3.05) is 6.61 Å². The van der Waals surface area contributed by atoms with Gasteiger partial charge in [-0.05, 0) is 57.6 Å². The van der Waals surface area contributed by atoms with Crippen molar-refractivity contribution in [3.63, 3.8) is 0 Å². The van der Waals surface area contributed by atoms with Gasteiger partial charge >= 0.3 is 6.18 Å². The minimum absolute atomic E-state index is 0.116. The van der Waals surface area contributed by atoms with E-state index < -0.39 is 11.7 Å². The number of nitrogens with one attached hydrogen (secondary N) is 1. The van der Waals surface area contributed by atoms with Crippen LogP contribution in [-0.2, 0) is 24.1 Å². The molecule has 2 aromatic rings. The summed E-state index contributed by atoms with van der Waals surface area (Å²) in [5, 5.41) is 11.1. The van der Waals surface area contributed by atoms with Gasteiger partial charge in [-0.25, -0.2) is 0 Å². The molecule has 0 spiro atoms. The van der Waals surface area contributed by atoms with Gasteiger partial charge in [0, 0.05) is 25.4 Å². The lowest BCUT2D eigenvalue weighted by Crippen LogP contribution is -2.29. The van der Waals surface area contributed by atoms with Crippen LogP contribution in [-0.4, -0.2) is 27.2 Å². The van der Waals surface area contributed by atoms with Gasteiger partial charge in [0.05, 0.1) is 0 Å². The van der Waals surface area contributed by atoms with Crippen molar-refractivity contribution < 1.29 is 17.9 Å². The molecular formula is C24H35F3N4O. The van der Waals surface area contributed by atoms with Crippen molar-refractivity contribution in [2.24, 2.45) is 5.92 Å². The van der Waals surface area contributed by atoms with E-state index in [1.165, 1.54) is 16.0 Å². The Morgan fingerprint density at radius 2 is 2.00 bits per heavy atom. The van der Waals surface area contributed by atoms with Crippen LogP contribution < -0.4 is 5.32 Å². The Morgan fingerprint density at radius 1 is 1.25 bits per heavy atom. The molecular weight excluding hydrogens is 417 g/mol. The van der Waals surface area contributed by atoms with Crippen molar-refractivity contribution in [1.29, 1.82) is 0 Å². The van der Waals surface area contributed by atoms with Crippen LogP contribution >= 0.6 is 0 Å². The third kappa shape index (κ3) is 6.90. The summed E-state index contributed by atoms with van der Waals surface area (Å²) in [5.41, 5.74) is 0.558. The number of allylic oxidation sites excluding steroid dienone is 4. The van der Waals surface area contributed by atoms with Gasteiger partial charge in [0.15, 0.2) is 11.5 Å². The lowest BCUT2D eigenvalue weighted by molar-refractivity contribution is -0.137. The summed E-state index contributed by atoms with van der Waals surface area (Å²) in [5.74, 6) is 0.775. The average molecular weight is 453 g/mol. The fraction of sp³-hybridized carbons (Fsp3) is 0.583. The lowest BCUT2D eigenvalue weighted by atomic mass is 9.94. The average Bonchev–Trinajstić information content (AvgIpc) is 3.17. The Kier molecular flexibility index (Phi) is 9.90. The van der Waals surface area contributed by atoms with E-state index in [0.29, 0.717) is 18.3 Å². The van der Waals surface area contributed by atoms with Gasteiger partial charge in [-0.15, -0.1) is 10.2 Å². The standard InChI is InChI=1S/C24H35F3N4O/c1-6-9-10-17(4)18(5)11-12-20(7-2)28-15-19-13-14-31-21(16-32-8-3)29-30-23(31)22(19)24(25,26)27/h6,9-10,13-14,18,20,28H,7-8,11-12,15-16H2,1-5H3. The molecule has 0 aliphatic rings. The minimum atomic E-state index is -4.53. The molecule has 0 bridgehead atoms. The zero-order valence-electron chi connectivity index (χ0n) is 19.7. The molecule has 2 aromatic heterocycles. The summed E-state index contributed by atoms with van der Waals surface area (Å²) in [6.07, 6.45) is 5.92. The number of rotatable bonds is 12. The van der Waals surface area contributed by atoms with E-state index in [2.05, 4.69) is 42.4 Å². The monoisotopic (exact) mass is 452 g/mol. The third-order valence-electron chi connectivity index (χ3n) is 5.81.